The fourth-order valence-corrected chi connectivity index (χ4v) is 2.12. The van der Waals surface area contributed by atoms with Crippen molar-refractivity contribution in [2.45, 2.75) is 19.3 Å². The van der Waals surface area contributed by atoms with Crippen LogP contribution in [0.25, 0.3) is 0 Å². The molecule has 1 aliphatic carbocycles. The predicted octanol–water partition coefficient (Wildman–Crippen LogP) is 2.88. The lowest BCUT2D eigenvalue weighted by molar-refractivity contribution is 0.227. The second-order valence-corrected chi connectivity index (χ2v) is 5.55. The number of rotatable bonds is 5. The zero-order chi connectivity index (χ0) is 13.2. The minimum absolute atomic E-state index is 0.101. The topological polar surface area (TPSA) is 67.8 Å². The summed E-state index contributed by atoms with van der Waals surface area (Å²) in [6.07, 6.45) is 2.37. The second-order valence-electron chi connectivity index (χ2n) is 4.63. The van der Waals surface area contributed by atoms with Gasteiger partial charge in [0.05, 0.1) is 6.61 Å². The van der Waals surface area contributed by atoms with Gasteiger partial charge >= 0.3 is 0 Å². The van der Waals surface area contributed by atoms with E-state index in [1.165, 1.54) is 6.07 Å². The zero-order valence-electron chi connectivity index (χ0n) is 9.70. The Morgan fingerprint density at radius 1 is 1.56 bits per heavy atom. The van der Waals surface area contributed by atoms with Gasteiger partial charge in [-0.3, -0.25) is 0 Å². The standard InChI is InChI=1S/C12H14BrFN2O2/c13-8-1-2-10(9(14)5-8)18-7-12(3-4-12)6-11(15)16-17/h1-2,5,17H,3-4,6-7H2,(H2,15,16). The van der Waals surface area contributed by atoms with Crippen molar-refractivity contribution in [1.29, 1.82) is 0 Å². The molecule has 0 spiro atoms. The Kier molecular flexibility index (Phi) is 3.75. The normalized spacial score (nSPS) is 17.6. The van der Waals surface area contributed by atoms with E-state index in [1.807, 2.05) is 0 Å². The number of hydrogen-bond donors (Lipinski definition) is 2. The number of nitrogens with zero attached hydrogens (tertiary/aromatic N) is 1. The first kappa shape index (κ1) is 13.1. The van der Waals surface area contributed by atoms with Gasteiger partial charge in [-0.05, 0) is 31.0 Å². The van der Waals surface area contributed by atoms with E-state index in [1.54, 1.807) is 12.1 Å². The molecule has 1 fully saturated rings. The molecular formula is C12H14BrFN2O2. The van der Waals surface area contributed by atoms with E-state index in [4.69, 9.17) is 15.7 Å². The first-order valence-corrected chi connectivity index (χ1v) is 6.38. The maximum atomic E-state index is 13.5. The van der Waals surface area contributed by atoms with E-state index in [0.717, 1.165) is 12.8 Å². The summed E-state index contributed by atoms with van der Waals surface area (Å²) in [6, 6.07) is 4.67. The van der Waals surface area contributed by atoms with Gasteiger partial charge < -0.3 is 15.7 Å². The van der Waals surface area contributed by atoms with Gasteiger partial charge in [-0.25, -0.2) is 4.39 Å². The molecule has 0 atom stereocenters. The molecule has 2 rings (SSSR count). The summed E-state index contributed by atoms with van der Waals surface area (Å²) < 4.78 is 19.7. The van der Waals surface area contributed by atoms with Gasteiger partial charge in [0, 0.05) is 16.3 Å². The largest absolute Gasteiger partial charge is 0.490 e. The maximum absolute atomic E-state index is 13.5. The van der Waals surface area contributed by atoms with E-state index >= 15 is 0 Å². The van der Waals surface area contributed by atoms with Crippen molar-refractivity contribution in [2.75, 3.05) is 6.61 Å². The molecule has 0 unspecified atom stereocenters. The number of hydrogen-bond acceptors (Lipinski definition) is 3. The van der Waals surface area contributed by atoms with Crippen molar-refractivity contribution < 1.29 is 14.3 Å². The Hall–Kier alpha value is -1.30. The SMILES string of the molecule is NC(CC1(COc2ccc(Br)cc2F)CC1)=NO. The first-order valence-electron chi connectivity index (χ1n) is 5.59. The molecule has 1 aromatic carbocycles. The quantitative estimate of drug-likeness (QED) is 0.380. The van der Waals surface area contributed by atoms with Crippen molar-refractivity contribution in [2.24, 2.45) is 16.3 Å². The van der Waals surface area contributed by atoms with Crippen LogP contribution in [-0.4, -0.2) is 17.6 Å². The third-order valence-corrected chi connectivity index (χ3v) is 3.56. The number of nitrogens with two attached hydrogens (primary N) is 1. The lowest BCUT2D eigenvalue weighted by Crippen LogP contribution is -2.22. The number of halogens is 2. The molecule has 6 heteroatoms. The molecule has 3 N–H and O–H groups in total. The molecule has 18 heavy (non-hydrogen) atoms. The summed E-state index contributed by atoms with van der Waals surface area (Å²) in [5, 5.41) is 11.5. The van der Waals surface area contributed by atoms with E-state index in [0.29, 0.717) is 17.5 Å². The maximum Gasteiger partial charge on any atom is 0.166 e. The molecule has 4 nitrogen and oxygen atoms in total. The molecule has 0 heterocycles. The van der Waals surface area contributed by atoms with Crippen molar-refractivity contribution >= 4 is 21.8 Å². The molecule has 1 aliphatic rings. The lowest BCUT2D eigenvalue weighted by atomic mass is 10.0. The monoisotopic (exact) mass is 316 g/mol. The van der Waals surface area contributed by atoms with E-state index in [-0.39, 0.29) is 17.0 Å². The Morgan fingerprint density at radius 2 is 2.28 bits per heavy atom. The molecule has 0 aliphatic heterocycles. The summed E-state index contributed by atoms with van der Waals surface area (Å²) in [6.45, 7) is 0.377. The Balaban J connectivity index is 1.95. The molecule has 0 saturated heterocycles. The van der Waals surface area contributed by atoms with Crippen LogP contribution in [0.1, 0.15) is 19.3 Å². The van der Waals surface area contributed by atoms with Crippen molar-refractivity contribution in [3.05, 3.63) is 28.5 Å². The molecule has 0 radical (unpaired) electrons. The highest BCUT2D eigenvalue weighted by Crippen LogP contribution is 2.49. The highest BCUT2D eigenvalue weighted by molar-refractivity contribution is 9.10. The molecule has 1 aromatic rings. The van der Waals surface area contributed by atoms with Crippen molar-refractivity contribution in [3.8, 4) is 5.75 Å². The number of benzene rings is 1. The Bertz CT molecular complexity index is 475. The Morgan fingerprint density at radius 3 is 2.83 bits per heavy atom. The van der Waals surface area contributed by atoms with Crippen LogP contribution < -0.4 is 10.5 Å². The average molecular weight is 317 g/mol. The van der Waals surface area contributed by atoms with Crippen molar-refractivity contribution in [3.63, 3.8) is 0 Å². The second kappa shape index (κ2) is 5.14. The molecular weight excluding hydrogens is 303 g/mol. The van der Waals surface area contributed by atoms with Crippen LogP contribution in [0.5, 0.6) is 5.75 Å². The highest BCUT2D eigenvalue weighted by Gasteiger charge is 2.44. The number of amidine groups is 1. The van der Waals surface area contributed by atoms with Gasteiger partial charge in [-0.2, -0.15) is 0 Å². The summed E-state index contributed by atoms with van der Waals surface area (Å²) >= 11 is 3.19. The van der Waals surface area contributed by atoms with Crippen LogP contribution in [0.2, 0.25) is 0 Å². The molecule has 0 amide bonds. The lowest BCUT2D eigenvalue weighted by Gasteiger charge is -2.15. The summed E-state index contributed by atoms with van der Waals surface area (Å²) in [5.74, 6) is 0.0142. The van der Waals surface area contributed by atoms with Crippen LogP contribution in [0.4, 0.5) is 4.39 Å². The van der Waals surface area contributed by atoms with Gasteiger partial charge in [0.25, 0.3) is 0 Å². The molecule has 1 saturated carbocycles. The van der Waals surface area contributed by atoms with Crippen LogP contribution in [-0.2, 0) is 0 Å². The molecule has 0 aromatic heterocycles. The number of ether oxygens (including phenoxy) is 1. The van der Waals surface area contributed by atoms with Crippen LogP contribution in [0, 0.1) is 11.2 Å². The van der Waals surface area contributed by atoms with Gasteiger partial charge in [0.1, 0.15) is 5.84 Å². The summed E-state index contributed by atoms with van der Waals surface area (Å²) in [4.78, 5) is 0. The number of oxime groups is 1. The van der Waals surface area contributed by atoms with Gasteiger partial charge in [0.2, 0.25) is 0 Å². The van der Waals surface area contributed by atoms with Gasteiger partial charge in [0.15, 0.2) is 11.6 Å². The van der Waals surface area contributed by atoms with Gasteiger partial charge in [-0.15, -0.1) is 0 Å². The van der Waals surface area contributed by atoms with E-state index in [9.17, 15) is 4.39 Å². The van der Waals surface area contributed by atoms with E-state index in [2.05, 4.69) is 21.1 Å². The summed E-state index contributed by atoms with van der Waals surface area (Å²) in [7, 11) is 0. The van der Waals surface area contributed by atoms with Crippen LogP contribution >= 0.6 is 15.9 Å². The average Bonchev–Trinajstić information content (AvgIpc) is 3.08. The Labute approximate surface area is 113 Å². The molecule has 98 valence electrons. The smallest absolute Gasteiger partial charge is 0.166 e. The van der Waals surface area contributed by atoms with Crippen molar-refractivity contribution in [1.82, 2.24) is 0 Å². The minimum atomic E-state index is -0.399. The third-order valence-electron chi connectivity index (χ3n) is 3.07. The third kappa shape index (κ3) is 3.13. The zero-order valence-corrected chi connectivity index (χ0v) is 11.3. The van der Waals surface area contributed by atoms with Gasteiger partial charge in [-0.1, -0.05) is 21.1 Å². The fourth-order valence-electron chi connectivity index (χ4n) is 1.79. The first-order chi connectivity index (χ1) is 8.54. The highest BCUT2D eigenvalue weighted by atomic mass is 79.9. The van der Waals surface area contributed by atoms with Crippen LogP contribution in [0.3, 0.4) is 0 Å². The fraction of sp³-hybridized carbons (Fsp3) is 0.417. The minimum Gasteiger partial charge on any atom is -0.490 e. The predicted molar refractivity (Wildman–Crippen MR) is 69.3 cm³/mol. The van der Waals surface area contributed by atoms with E-state index < -0.39 is 5.82 Å². The summed E-state index contributed by atoms with van der Waals surface area (Å²) in [5.41, 5.74) is 5.38. The van der Waals surface area contributed by atoms with Crippen LogP contribution in [0.15, 0.2) is 27.8 Å². The molecule has 0 bridgehead atoms.